The monoisotopic (exact) mass is 275 g/mol. The van der Waals surface area contributed by atoms with E-state index in [4.69, 9.17) is 0 Å². The Morgan fingerprint density at radius 3 is 2.48 bits per heavy atom. The van der Waals surface area contributed by atoms with Crippen molar-refractivity contribution in [3.05, 3.63) is 89.3 Å². The zero-order chi connectivity index (χ0) is 14.5. The third-order valence-corrected chi connectivity index (χ3v) is 3.31. The fraction of sp³-hybridized carbons (Fsp3) is 0.167. The van der Waals surface area contributed by atoms with Gasteiger partial charge in [0.2, 0.25) is 0 Å². The Bertz CT molecular complexity index is 723. The predicted molar refractivity (Wildman–Crippen MR) is 83.1 cm³/mol. The van der Waals surface area contributed by atoms with Crippen molar-refractivity contribution in [3.63, 3.8) is 0 Å². The summed E-state index contributed by atoms with van der Waals surface area (Å²) in [6.45, 7) is 2.06. The second-order valence-electron chi connectivity index (χ2n) is 5.20. The molecule has 0 fully saturated rings. The van der Waals surface area contributed by atoms with Crippen LogP contribution in [0.3, 0.4) is 0 Å². The molecular weight excluding hydrogens is 258 g/mol. The van der Waals surface area contributed by atoms with Gasteiger partial charge in [-0.1, -0.05) is 12.1 Å². The van der Waals surface area contributed by atoms with Crippen molar-refractivity contribution >= 4 is 0 Å². The van der Waals surface area contributed by atoms with Crippen molar-refractivity contribution in [2.45, 2.75) is 19.8 Å². The van der Waals surface area contributed by atoms with Gasteiger partial charge >= 0.3 is 0 Å². The molecule has 0 aliphatic heterocycles. The minimum absolute atomic E-state index is 0.810. The number of aromatic nitrogens is 3. The van der Waals surface area contributed by atoms with Crippen LogP contribution in [0.15, 0.2) is 61.2 Å². The number of aryl methyl sites for hydroxylation is 1. The van der Waals surface area contributed by atoms with Gasteiger partial charge in [-0.2, -0.15) is 0 Å². The standard InChI is InChI=1S/C18H17N3/c1-14-8-16(13-19-12-14)11-18-10-15(5-7-21-18)9-17-4-2-3-6-20-17/h2-8,10,12-13H,9,11H2,1H3. The quantitative estimate of drug-likeness (QED) is 0.733. The number of hydrogen-bond donors (Lipinski definition) is 0. The highest BCUT2D eigenvalue weighted by molar-refractivity contribution is 5.27. The maximum Gasteiger partial charge on any atom is 0.0450 e. The van der Waals surface area contributed by atoms with Crippen LogP contribution < -0.4 is 0 Å². The van der Waals surface area contributed by atoms with Gasteiger partial charge in [0.1, 0.15) is 0 Å². The molecule has 0 atom stereocenters. The summed E-state index contributed by atoms with van der Waals surface area (Å²) in [5.74, 6) is 0. The summed E-state index contributed by atoms with van der Waals surface area (Å²) in [6.07, 6.45) is 9.12. The predicted octanol–water partition coefficient (Wildman–Crippen LogP) is 3.36. The second-order valence-corrected chi connectivity index (χ2v) is 5.20. The number of pyridine rings is 3. The van der Waals surface area contributed by atoms with E-state index < -0.39 is 0 Å². The molecule has 3 heterocycles. The summed E-state index contributed by atoms with van der Waals surface area (Å²) in [4.78, 5) is 13.1. The van der Waals surface area contributed by atoms with E-state index in [9.17, 15) is 0 Å². The van der Waals surface area contributed by atoms with Gasteiger partial charge in [0.05, 0.1) is 0 Å². The van der Waals surface area contributed by atoms with Gasteiger partial charge in [-0.3, -0.25) is 15.0 Å². The smallest absolute Gasteiger partial charge is 0.0450 e. The van der Waals surface area contributed by atoms with E-state index in [-0.39, 0.29) is 0 Å². The van der Waals surface area contributed by atoms with Crippen LogP contribution in [-0.4, -0.2) is 15.0 Å². The van der Waals surface area contributed by atoms with Crippen LogP contribution in [0.1, 0.15) is 28.1 Å². The Kier molecular flexibility index (Phi) is 4.01. The number of hydrogen-bond acceptors (Lipinski definition) is 3. The maximum atomic E-state index is 4.46. The average molecular weight is 275 g/mol. The largest absolute Gasteiger partial charge is 0.264 e. The summed E-state index contributed by atoms with van der Waals surface area (Å²) in [5.41, 5.74) is 5.75. The summed E-state index contributed by atoms with van der Waals surface area (Å²) in [7, 11) is 0. The van der Waals surface area contributed by atoms with Gasteiger partial charge in [-0.15, -0.1) is 0 Å². The van der Waals surface area contributed by atoms with E-state index in [2.05, 4.69) is 34.0 Å². The third-order valence-electron chi connectivity index (χ3n) is 3.31. The van der Waals surface area contributed by atoms with Gasteiger partial charge in [0.15, 0.2) is 0 Å². The van der Waals surface area contributed by atoms with E-state index >= 15 is 0 Å². The molecule has 0 spiro atoms. The topological polar surface area (TPSA) is 38.7 Å². The van der Waals surface area contributed by atoms with Crippen molar-refractivity contribution < 1.29 is 0 Å². The van der Waals surface area contributed by atoms with Crippen LogP contribution in [0.4, 0.5) is 0 Å². The highest BCUT2D eigenvalue weighted by atomic mass is 14.7. The first kappa shape index (κ1) is 13.4. The average Bonchev–Trinajstić information content (AvgIpc) is 2.49. The van der Waals surface area contributed by atoms with Gasteiger partial charge in [0.25, 0.3) is 0 Å². The van der Waals surface area contributed by atoms with Crippen LogP contribution in [0.5, 0.6) is 0 Å². The molecule has 0 saturated carbocycles. The van der Waals surface area contributed by atoms with Crippen molar-refractivity contribution in [1.82, 2.24) is 15.0 Å². The zero-order valence-corrected chi connectivity index (χ0v) is 12.0. The lowest BCUT2D eigenvalue weighted by Crippen LogP contribution is -1.97. The number of nitrogens with zero attached hydrogens (tertiary/aromatic N) is 3. The lowest BCUT2D eigenvalue weighted by molar-refractivity contribution is 1.01. The Balaban J connectivity index is 1.77. The van der Waals surface area contributed by atoms with Gasteiger partial charge < -0.3 is 0 Å². The lowest BCUT2D eigenvalue weighted by atomic mass is 10.1. The molecule has 0 saturated heterocycles. The number of rotatable bonds is 4. The first-order valence-corrected chi connectivity index (χ1v) is 7.04. The van der Waals surface area contributed by atoms with Crippen molar-refractivity contribution in [1.29, 1.82) is 0 Å². The molecule has 0 aromatic carbocycles. The minimum atomic E-state index is 0.810. The molecule has 3 aromatic heterocycles. The normalized spacial score (nSPS) is 10.5. The second kappa shape index (κ2) is 6.27. The fourth-order valence-electron chi connectivity index (χ4n) is 2.37. The Morgan fingerprint density at radius 1 is 0.810 bits per heavy atom. The van der Waals surface area contributed by atoms with Crippen LogP contribution in [0, 0.1) is 6.92 Å². The van der Waals surface area contributed by atoms with Crippen molar-refractivity contribution in [2.75, 3.05) is 0 Å². The van der Waals surface area contributed by atoms with Gasteiger partial charge in [-0.25, -0.2) is 0 Å². The highest BCUT2D eigenvalue weighted by Gasteiger charge is 2.02. The van der Waals surface area contributed by atoms with Gasteiger partial charge in [0, 0.05) is 49.0 Å². The fourth-order valence-corrected chi connectivity index (χ4v) is 2.37. The van der Waals surface area contributed by atoms with E-state index in [1.165, 1.54) is 16.7 Å². The highest BCUT2D eigenvalue weighted by Crippen LogP contribution is 2.12. The molecule has 3 heteroatoms. The van der Waals surface area contributed by atoms with E-state index in [1.807, 2.05) is 49.1 Å². The molecule has 0 aliphatic carbocycles. The molecule has 104 valence electrons. The molecule has 0 aliphatic rings. The van der Waals surface area contributed by atoms with Crippen molar-refractivity contribution in [2.24, 2.45) is 0 Å². The van der Waals surface area contributed by atoms with Crippen molar-refractivity contribution in [3.8, 4) is 0 Å². The van der Waals surface area contributed by atoms with Crippen LogP contribution >= 0.6 is 0 Å². The first-order chi connectivity index (χ1) is 10.3. The molecule has 3 rings (SSSR count). The lowest BCUT2D eigenvalue weighted by Gasteiger charge is -2.05. The molecule has 0 N–H and O–H groups in total. The summed E-state index contributed by atoms with van der Waals surface area (Å²) in [6, 6.07) is 12.4. The Morgan fingerprint density at radius 2 is 1.67 bits per heavy atom. The van der Waals surface area contributed by atoms with Gasteiger partial charge in [-0.05, 0) is 47.9 Å². The minimum Gasteiger partial charge on any atom is -0.264 e. The SMILES string of the molecule is Cc1cncc(Cc2cc(Cc3ccccn3)ccn2)c1. The van der Waals surface area contributed by atoms with E-state index in [0.29, 0.717) is 0 Å². The molecule has 3 nitrogen and oxygen atoms in total. The summed E-state index contributed by atoms with van der Waals surface area (Å²) in [5, 5.41) is 0. The Labute approximate surface area is 124 Å². The van der Waals surface area contributed by atoms with E-state index in [1.54, 1.807) is 0 Å². The molecule has 0 unspecified atom stereocenters. The molecule has 21 heavy (non-hydrogen) atoms. The third kappa shape index (κ3) is 3.72. The maximum absolute atomic E-state index is 4.46. The molecular formula is C18H17N3. The molecule has 0 bridgehead atoms. The first-order valence-electron chi connectivity index (χ1n) is 7.04. The molecule has 3 aromatic rings. The van der Waals surface area contributed by atoms with E-state index in [0.717, 1.165) is 24.2 Å². The zero-order valence-electron chi connectivity index (χ0n) is 12.0. The summed E-state index contributed by atoms with van der Waals surface area (Å²) >= 11 is 0. The van der Waals surface area contributed by atoms with Crippen LogP contribution in [0.2, 0.25) is 0 Å². The molecule has 0 amide bonds. The van der Waals surface area contributed by atoms with Crippen LogP contribution in [-0.2, 0) is 12.8 Å². The van der Waals surface area contributed by atoms with Crippen LogP contribution in [0.25, 0.3) is 0 Å². The Hall–Kier alpha value is -2.55. The molecule has 0 radical (unpaired) electrons. The summed E-state index contributed by atoms with van der Waals surface area (Å²) < 4.78 is 0.